The van der Waals surface area contributed by atoms with Gasteiger partial charge < -0.3 is 14.6 Å². The molecule has 6 heteroatoms. The Balaban J connectivity index is 2.18. The SMILES string of the molecule is COCCn1ccnc1Nc1cccc(Cl)c1Cl. The number of hydrogen-bond acceptors (Lipinski definition) is 3. The van der Waals surface area contributed by atoms with Gasteiger partial charge >= 0.3 is 0 Å². The molecule has 0 radical (unpaired) electrons. The van der Waals surface area contributed by atoms with Gasteiger partial charge in [0.2, 0.25) is 5.95 Å². The number of imidazole rings is 1. The maximum atomic E-state index is 6.11. The highest BCUT2D eigenvalue weighted by molar-refractivity contribution is 6.43. The third kappa shape index (κ3) is 2.96. The molecule has 0 atom stereocenters. The predicted molar refractivity (Wildman–Crippen MR) is 73.8 cm³/mol. The van der Waals surface area contributed by atoms with Gasteiger partial charge in [0.05, 0.1) is 22.3 Å². The number of methoxy groups -OCH3 is 1. The van der Waals surface area contributed by atoms with Gasteiger partial charge in [0.15, 0.2) is 0 Å². The van der Waals surface area contributed by atoms with E-state index in [4.69, 9.17) is 27.9 Å². The molecular weight excluding hydrogens is 273 g/mol. The highest BCUT2D eigenvalue weighted by atomic mass is 35.5. The van der Waals surface area contributed by atoms with Gasteiger partial charge in [-0.3, -0.25) is 0 Å². The van der Waals surface area contributed by atoms with Crippen LogP contribution in [-0.4, -0.2) is 23.3 Å². The Kier molecular flexibility index (Phi) is 4.47. The lowest BCUT2D eigenvalue weighted by Gasteiger charge is -2.11. The molecule has 18 heavy (non-hydrogen) atoms. The average molecular weight is 286 g/mol. The van der Waals surface area contributed by atoms with Crippen molar-refractivity contribution in [2.24, 2.45) is 0 Å². The standard InChI is InChI=1S/C12H13Cl2N3O/c1-18-8-7-17-6-5-15-12(17)16-10-4-2-3-9(13)11(10)14/h2-6H,7-8H2,1H3,(H,15,16). The van der Waals surface area contributed by atoms with Crippen LogP contribution >= 0.6 is 23.2 Å². The van der Waals surface area contributed by atoms with Crippen molar-refractivity contribution in [3.63, 3.8) is 0 Å². The largest absolute Gasteiger partial charge is 0.383 e. The monoisotopic (exact) mass is 285 g/mol. The Bertz CT molecular complexity index is 528. The van der Waals surface area contributed by atoms with Gasteiger partial charge in [-0.2, -0.15) is 0 Å². The molecule has 1 heterocycles. The van der Waals surface area contributed by atoms with E-state index in [0.29, 0.717) is 22.6 Å². The van der Waals surface area contributed by atoms with Crippen LogP contribution in [0.2, 0.25) is 10.0 Å². The highest BCUT2D eigenvalue weighted by Crippen LogP contribution is 2.31. The van der Waals surface area contributed by atoms with Crippen molar-refractivity contribution in [1.82, 2.24) is 9.55 Å². The third-order valence-corrected chi connectivity index (χ3v) is 3.27. The number of rotatable bonds is 5. The second kappa shape index (κ2) is 6.09. The number of halogens is 2. The molecule has 1 aromatic carbocycles. The second-order valence-electron chi connectivity index (χ2n) is 3.66. The van der Waals surface area contributed by atoms with Crippen molar-refractivity contribution in [2.75, 3.05) is 19.0 Å². The van der Waals surface area contributed by atoms with E-state index in [1.165, 1.54) is 0 Å². The number of ether oxygens (including phenoxy) is 1. The Morgan fingerprint density at radius 2 is 2.22 bits per heavy atom. The molecule has 0 bridgehead atoms. The van der Waals surface area contributed by atoms with Crippen LogP contribution in [0.25, 0.3) is 0 Å². The molecule has 2 aromatic rings. The van der Waals surface area contributed by atoms with E-state index in [1.807, 2.05) is 22.9 Å². The van der Waals surface area contributed by atoms with Crippen LogP contribution in [0.1, 0.15) is 0 Å². The van der Waals surface area contributed by atoms with Gasteiger partial charge in [0, 0.05) is 26.0 Å². The Morgan fingerprint density at radius 3 is 3.00 bits per heavy atom. The van der Waals surface area contributed by atoms with E-state index in [1.54, 1.807) is 19.4 Å². The average Bonchev–Trinajstić information content (AvgIpc) is 2.80. The number of anilines is 2. The minimum Gasteiger partial charge on any atom is -0.383 e. The Hall–Kier alpha value is -1.23. The van der Waals surface area contributed by atoms with Crippen LogP contribution < -0.4 is 5.32 Å². The Labute approximate surface area is 115 Å². The molecule has 0 fully saturated rings. The van der Waals surface area contributed by atoms with Crippen molar-refractivity contribution in [2.45, 2.75) is 6.54 Å². The molecule has 96 valence electrons. The van der Waals surface area contributed by atoms with Gasteiger partial charge in [-0.15, -0.1) is 0 Å². The summed E-state index contributed by atoms with van der Waals surface area (Å²) in [7, 11) is 1.66. The number of aromatic nitrogens is 2. The van der Waals surface area contributed by atoms with Gasteiger partial charge in [-0.25, -0.2) is 4.98 Å². The normalized spacial score (nSPS) is 10.6. The maximum absolute atomic E-state index is 6.11. The molecule has 0 saturated carbocycles. The zero-order chi connectivity index (χ0) is 13.0. The van der Waals surface area contributed by atoms with Crippen LogP contribution in [0.3, 0.4) is 0 Å². The van der Waals surface area contributed by atoms with Crippen molar-refractivity contribution in [1.29, 1.82) is 0 Å². The summed E-state index contributed by atoms with van der Waals surface area (Å²) in [5.74, 6) is 0.705. The van der Waals surface area contributed by atoms with Gasteiger partial charge in [0.25, 0.3) is 0 Å². The molecule has 0 aliphatic carbocycles. The van der Waals surface area contributed by atoms with E-state index >= 15 is 0 Å². The van der Waals surface area contributed by atoms with Crippen molar-refractivity contribution in [3.05, 3.63) is 40.6 Å². The van der Waals surface area contributed by atoms with Crippen molar-refractivity contribution >= 4 is 34.8 Å². The van der Waals surface area contributed by atoms with E-state index < -0.39 is 0 Å². The lowest BCUT2D eigenvalue weighted by molar-refractivity contribution is 0.188. The molecular formula is C12H13Cl2N3O. The van der Waals surface area contributed by atoms with E-state index in [2.05, 4.69) is 10.3 Å². The Morgan fingerprint density at radius 1 is 1.39 bits per heavy atom. The fourth-order valence-corrected chi connectivity index (χ4v) is 1.87. The molecule has 2 rings (SSSR count). The summed E-state index contributed by atoms with van der Waals surface area (Å²) in [6.07, 6.45) is 3.59. The fraction of sp³-hybridized carbons (Fsp3) is 0.250. The van der Waals surface area contributed by atoms with Crippen molar-refractivity contribution in [3.8, 4) is 0 Å². The number of nitrogens with one attached hydrogen (secondary N) is 1. The van der Waals surface area contributed by atoms with Crippen LogP contribution in [0.5, 0.6) is 0 Å². The molecule has 4 nitrogen and oxygen atoms in total. The van der Waals surface area contributed by atoms with Gasteiger partial charge in [-0.05, 0) is 12.1 Å². The molecule has 0 saturated heterocycles. The number of hydrogen-bond donors (Lipinski definition) is 1. The van der Waals surface area contributed by atoms with Gasteiger partial charge in [-0.1, -0.05) is 29.3 Å². The predicted octanol–water partition coefficient (Wildman–Crippen LogP) is 3.58. The number of benzene rings is 1. The van der Waals surface area contributed by atoms with E-state index in [9.17, 15) is 0 Å². The molecule has 0 unspecified atom stereocenters. The smallest absolute Gasteiger partial charge is 0.207 e. The molecule has 1 N–H and O–H groups in total. The van der Waals surface area contributed by atoms with Crippen molar-refractivity contribution < 1.29 is 4.74 Å². The second-order valence-corrected chi connectivity index (χ2v) is 4.45. The van der Waals surface area contributed by atoms with Crippen LogP contribution in [0, 0.1) is 0 Å². The van der Waals surface area contributed by atoms with Crippen LogP contribution in [0.4, 0.5) is 11.6 Å². The molecule has 1 aromatic heterocycles. The zero-order valence-electron chi connectivity index (χ0n) is 9.86. The summed E-state index contributed by atoms with van der Waals surface area (Å²) >= 11 is 12.1. The summed E-state index contributed by atoms with van der Waals surface area (Å²) < 4.78 is 6.98. The summed E-state index contributed by atoms with van der Waals surface area (Å²) in [6.45, 7) is 1.34. The zero-order valence-corrected chi connectivity index (χ0v) is 11.4. The van der Waals surface area contributed by atoms with Crippen LogP contribution in [0.15, 0.2) is 30.6 Å². The summed E-state index contributed by atoms with van der Waals surface area (Å²) in [6, 6.07) is 5.43. The first-order valence-corrected chi connectivity index (χ1v) is 6.19. The fourth-order valence-electron chi connectivity index (χ4n) is 1.52. The molecule has 0 spiro atoms. The van der Waals surface area contributed by atoms with Crippen LogP contribution in [-0.2, 0) is 11.3 Å². The first-order valence-electron chi connectivity index (χ1n) is 5.43. The van der Waals surface area contributed by atoms with Gasteiger partial charge in [0.1, 0.15) is 0 Å². The lowest BCUT2D eigenvalue weighted by atomic mass is 10.3. The minimum atomic E-state index is 0.487. The summed E-state index contributed by atoms with van der Waals surface area (Å²) in [5.41, 5.74) is 0.731. The third-order valence-electron chi connectivity index (χ3n) is 2.45. The first-order chi connectivity index (χ1) is 8.72. The highest BCUT2D eigenvalue weighted by Gasteiger charge is 2.07. The topological polar surface area (TPSA) is 39.1 Å². The summed E-state index contributed by atoms with van der Waals surface area (Å²) in [5, 5.41) is 4.15. The minimum absolute atomic E-state index is 0.487. The quantitative estimate of drug-likeness (QED) is 0.913. The lowest BCUT2D eigenvalue weighted by Crippen LogP contribution is -2.07. The van der Waals surface area contributed by atoms with E-state index in [0.717, 1.165) is 12.2 Å². The first kappa shape index (κ1) is 13.2. The summed E-state index contributed by atoms with van der Waals surface area (Å²) in [4.78, 5) is 4.23. The number of nitrogens with zero attached hydrogens (tertiary/aromatic N) is 2. The van der Waals surface area contributed by atoms with E-state index in [-0.39, 0.29) is 0 Å². The molecule has 0 aliphatic rings. The molecule has 0 amide bonds. The maximum Gasteiger partial charge on any atom is 0.207 e. The molecule has 0 aliphatic heterocycles.